The molecule has 0 radical (unpaired) electrons. The van der Waals surface area contributed by atoms with E-state index in [4.69, 9.17) is 0 Å². The quantitative estimate of drug-likeness (QED) is 0.644. The Bertz CT molecular complexity index is 85.8. The van der Waals surface area contributed by atoms with Gasteiger partial charge in [0.05, 0.1) is 0 Å². The van der Waals surface area contributed by atoms with E-state index in [0.29, 0.717) is 5.54 Å². The van der Waals surface area contributed by atoms with Crippen LogP contribution in [0, 0.1) is 0 Å². The van der Waals surface area contributed by atoms with E-state index >= 15 is 0 Å². The lowest BCUT2D eigenvalue weighted by molar-refractivity contribution is 0.137. The van der Waals surface area contributed by atoms with Gasteiger partial charge in [-0.2, -0.15) is 0 Å². The normalized spacial score (nSPS) is 11.1. The van der Waals surface area contributed by atoms with Gasteiger partial charge < -0.3 is 0 Å². The molecule has 0 aromatic rings. The van der Waals surface area contributed by atoms with Crippen LogP contribution in [0.5, 0.6) is 0 Å². The maximum absolute atomic E-state index is 2.55. The number of rotatable bonds is 4. The smallest absolute Gasteiger partial charge is 0.0125 e. The summed E-state index contributed by atoms with van der Waals surface area (Å²) >= 11 is 0. The second-order valence-electron chi connectivity index (χ2n) is 4.16. The Kier molecular flexibility index (Phi) is 10.2. The molecule has 0 aliphatic rings. The molecule has 0 saturated carbocycles. The van der Waals surface area contributed by atoms with Gasteiger partial charge in [-0.05, 0) is 46.7 Å². The molecule has 0 heterocycles. The first-order valence-electron chi connectivity index (χ1n) is 5.77. The standard InChI is InChI=1S/C10H23N.C2H6/c1-6-8-11(9-7-2)10(3,4)5;1-2/h6-9H2,1-5H3;1-2H3. The SMILES string of the molecule is CC.CCCN(CCC)C(C)(C)C. The van der Waals surface area contributed by atoms with Crippen LogP contribution in [0.3, 0.4) is 0 Å². The van der Waals surface area contributed by atoms with Gasteiger partial charge in [0.2, 0.25) is 0 Å². The molecule has 0 aromatic carbocycles. The minimum atomic E-state index is 0.353. The van der Waals surface area contributed by atoms with Crippen LogP contribution >= 0.6 is 0 Å². The lowest BCUT2D eigenvalue weighted by atomic mass is 10.1. The third-order valence-corrected chi connectivity index (χ3v) is 1.94. The van der Waals surface area contributed by atoms with E-state index in [1.54, 1.807) is 0 Å². The third kappa shape index (κ3) is 8.29. The van der Waals surface area contributed by atoms with Gasteiger partial charge in [0, 0.05) is 5.54 Å². The fourth-order valence-corrected chi connectivity index (χ4v) is 1.32. The molecule has 0 fully saturated rings. The number of nitrogens with zero attached hydrogens (tertiary/aromatic N) is 1. The highest BCUT2D eigenvalue weighted by atomic mass is 15.2. The molecule has 0 unspecified atom stereocenters. The largest absolute Gasteiger partial charge is 0.299 e. The minimum Gasteiger partial charge on any atom is -0.299 e. The van der Waals surface area contributed by atoms with E-state index in [2.05, 4.69) is 39.5 Å². The fraction of sp³-hybridized carbons (Fsp3) is 1.00. The molecule has 0 aliphatic carbocycles. The lowest BCUT2D eigenvalue weighted by Gasteiger charge is -2.35. The third-order valence-electron chi connectivity index (χ3n) is 1.94. The highest BCUT2D eigenvalue weighted by molar-refractivity contribution is 4.74. The predicted molar refractivity (Wildman–Crippen MR) is 63.3 cm³/mol. The lowest BCUT2D eigenvalue weighted by Crippen LogP contribution is -2.42. The number of hydrogen-bond acceptors (Lipinski definition) is 1. The maximum Gasteiger partial charge on any atom is 0.0125 e. The summed E-state index contributed by atoms with van der Waals surface area (Å²) < 4.78 is 0. The van der Waals surface area contributed by atoms with Crippen LogP contribution in [0.1, 0.15) is 61.3 Å². The van der Waals surface area contributed by atoms with Crippen molar-refractivity contribution in [2.24, 2.45) is 0 Å². The van der Waals surface area contributed by atoms with Crippen LogP contribution in [0.2, 0.25) is 0 Å². The van der Waals surface area contributed by atoms with Crippen LogP contribution in [-0.2, 0) is 0 Å². The van der Waals surface area contributed by atoms with Crippen LogP contribution < -0.4 is 0 Å². The monoisotopic (exact) mass is 187 g/mol. The van der Waals surface area contributed by atoms with Gasteiger partial charge in [-0.25, -0.2) is 0 Å². The number of hydrogen-bond donors (Lipinski definition) is 0. The topological polar surface area (TPSA) is 3.24 Å². The molecule has 13 heavy (non-hydrogen) atoms. The Morgan fingerprint density at radius 1 is 0.846 bits per heavy atom. The second-order valence-corrected chi connectivity index (χ2v) is 4.16. The summed E-state index contributed by atoms with van der Waals surface area (Å²) in [4.78, 5) is 2.55. The molecule has 0 rings (SSSR count). The fourth-order valence-electron chi connectivity index (χ4n) is 1.32. The molecular formula is C12H29N. The van der Waals surface area contributed by atoms with Crippen LogP contribution in [0.15, 0.2) is 0 Å². The van der Waals surface area contributed by atoms with Crippen molar-refractivity contribution >= 4 is 0 Å². The summed E-state index contributed by atoms with van der Waals surface area (Å²) in [5.74, 6) is 0. The molecule has 0 atom stereocenters. The summed E-state index contributed by atoms with van der Waals surface area (Å²) in [5.41, 5.74) is 0.353. The van der Waals surface area contributed by atoms with Crippen molar-refractivity contribution in [3.63, 3.8) is 0 Å². The zero-order chi connectivity index (χ0) is 10.9. The zero-order valence-electron chi connectivity index (χ0n) is 10.8. The maximum atomic E-state index is 2.55. The predicted octanol–water partition coefficient (Wildman–Crippen LogP) is 3.93. The van der Waals surface area contributed by atoms with E-state index in [0.717, 1.165) is 0 Å². The van der Waals surface area contributed by atoms with Gasteiger partial charge in [-0.3, -0.25) is 4.90 Å². The van der Waals surface area contributed by atoms with Crippen molar-refractivity contribution in [3.05, 3.63) is 0 Å². The van der Waals surface area contributed by atoms with E-state index in [-0.39, 0.29) is 0 Å². The Labute approximate surface area is 85.5 Å². The first-order chi connectivity index (χ1) is 6.02. The van der Waals surface area contributed by atoms with Gasteiger partial charge in [-0.15, -0.1) is 0 Å². The highest BCUT2D eigenvalue weighted by Crippen LogP contribution is 2.13. The average Bonchev–Trinajstić information content (AvgIpc) is 2.06. The van der Waals surface area contributed by atoms with Crippen molar-refractivity contribution in [2.45, 2.75) is 66.8 Å². The van der Waals surface area contributed by atoms with Crippen molar-refractivity contribution in [1.82, 2.24) is 4.90 Å². The molecule has 0 spiro atoms. The molecular weight excluding hydrogens is 158 g/mol. The first kappa shape index (κ1) is 15.4. The average molecular weight is 187 g/mol. The van der Waals surface area contributed by atoms with Crippen molar-refractivity contribution in [1.29, 1.82) is 0 Å². The van der Waals surface area contributed by atoms with Crippen molar-refractivity contribution in [2.75, 3.05) is 13.1 Å². The molecule has 0 saturated heterocycles. The Morgan fingerprint density at radius 2 is 1.15 bits per heavy atom. The Hall–Kier alpha value is -0.0400. The second kappa shape index (κ2) is 8.55. The summed E-state index contributed by atoms with van der Waals surface area (Å²) in [7, 11) is 0. The summed E-state index contributed by atoms with van der Waals surface area (Å²) in [6, 6.07) is 0. The van der Waals surface area contributed by atoms with Gasteiger partial charge in [-0.1, -0.05) is 27.7 Å². The summed E-state index contributed by atoms with van der Waals surface area (Å²) in [6.45, 7) is 17.8. The van der Waals surface area contributed by atoms with Crippen molar-refractivity contribution in [3.8, 4) is 0 Å². The van der Waals surface area contributed by atoms with E-state index in [9.17, 15) is 0 Å². The summed E-state index contributed by atoms with van der Waals surface area (Å²) in [5, 5.41) is 0. The molecule has 1 heteroatoms. The van der Waals surface area contributed by atoms with E-state index in [1.165, 1.54) is 25.9 Å². The van der Waals surface area contributed by atoms with Crippen LogP contribution in [0.25, 0.3) is 0 Å². The van der Waals surface area contributed by atoms with Gasteiger partial charge in [0.15, 0.2) is 0 Å². The molecule has 0 N–H and O–H groups in total. The van der Waals surface area contributed by atoms with Crippen LogP contribution in [0.4, 0.5) is 0 Å². The van der Waals surface area contributed by atoms with Crippen LogP contribution in [-0.4, -0.2) is 23.5 Å². The molecule has 0 amide bonds. The highest BCUT2D eigenvalue weighted by Gasteiger charge is 2.18. The Morgan fingerprint density at radius 3 is 1.31 bits per heavy atom. The van der Waals surface area contributed by atoms with Crippen molar-refractivity contribution < 1.29 is 0 Å². The van der Waals surface area contributed by atoms with E-state index in [1.807, 2.05) is 13.8 Å². The summed E-state index contributed by atoms with van der Waals surface area (Å²) in [6.07, 6.45) is 2.52. The zero-order valence-corrected chi connectivity index (χ0v) is 10.8. The Balaban J connectivity index is 0. The van der Waals surface area contributed by atoms with Gasteiger partial charge >= 0.3 is 0 Å². The molecule has 0 aromatic heterocycles. The van der Waals surface area contributed by atoms with E-state index < -0.39 is 0 Å². The minimum absolute atomic E-state index is 0.353. The first-order valence-corrected chi connectivity index (χ1v) is 5.77. The molecule has 0 bridgehead atoms. The van der Waals surface area contributed by atoms with Gasteiger partial charge in [0.1, 0.15) is 0 Å². The molecule has 0 aliphatic heterocycles. The molecule has 1 nitrogen and oxygen atoms in total. The molecule has 82 valence electrons. The van der Waals surface area contributed by atoms with Gasteiger partial charge in [0.25, 0.3) is 0 Å².